The van der Waals surface area contributed by atoms with Gasteiger partial charge in [0.15, 0.2) is 0 Å². The molecular weight excluding hydrogens is 328 g/mol. The van der Waals surface area contributed by atoms with Crippen LogP contribution in [0.4, 0.5) is 11.4 Å². The van der Waals surface area contributed by atoms with Gasteiger partial charge in [-0.05, 0) is 30.3 Å². The van der Waals surface area contributed by atoms with Gasteiger partial charge in [-0.2, -0.15) is 0 Å². The van der Waals surface area contributed by atoms with Crippen LogP contribution in [0.5, 0.6) is 0 Å². The molecule has 2 aromatic carbocycles. The molecule has 0 spiro atoms. The van der Waals surface area contributed by atoms with Gasteiger partial charge in [0.1, 0.15) is 5.56 Å². The van der Waals surface area contributed by atoms with Crippen molar-refractivity contribution < 1.29 is 13.9 Å². The van der Waals surface area contributed by atoms with Crippen LogP contribution in [0.3, 0.4) is 0 Å². The molecule has 8 heteroatoms. The molecule has 0 radical (unpaired) electrons. The first-order valence-electron chi connectivity index (χ1n) is 6.07. The number of amides is 1. The Morgan fingerprint density at radius 3 is 2.64 bits per heavy atom. The number of hydrogen-bond donors (Lipinski definition) is 1. The predicted molar refractivity (Wildman–Crippen MR) is 84.8 cm³/mol. The molecule has 0 fully saturated rings. The average molecular weight is 339 g/mol. The summed E-state index contributed by atoms with van der Waals surface area (Å²) in [6.07, 6.45) is 1.52. The monoisotopic (exact) mass is 338 g/mol. The van der Waals surface area contributed by atoms with Crippen molar-refractivity contribution in [3.63, 3.8) is 0 Å². The summed E-state index contributed by atoms with van der Waals surface area (Å²) in [5.74, 6) is -0.637. The summed E-state index contributed by atoms with van der Waals surface area (Å²) in [4.78, 5) is 23.1. The van der Waals surface area contributed by atoms with Crippen LogP contribution in [0.1, 0.15) is 10.4 Å². The minimum Gasteiger partial charge on any atom is -0.322 e. The van der Waals surface area contributed by atoms with E-state index < -0.39 is 21.6 Å². The predicted octanol–water partition coefficient (Wildman–Crippen LogP) is 3.24. The normalized spacial score (nSPS) is 11.7. The van der Waals surface area contributed by atoms with Gasteiger partial charge in [0.2, 0.25) is 0 Å². The van der Waals surface area contributed by atoms with Crippen LogP contribution < -0.4 is 5.32 Å². The van der Waals surface area contributed by atoms with Gasteiger partial charge in [0, 0.05) is 38.7 Å². The van der Waals surface area contributed by atoms with Crippen molar-refractivity contribution in [2.45, 2.75) is 4.90 Å². The van der Waals surface area contributed by atoms with E-state index >= 15 is 0 Å². The van der Waals surface area contributed by atoms with Crippen LogP contribution in [-0.4, -0.2) is 21.3 Å². The van der Waals surface area contributed by atoms with Gasteiger partial charge >= 0.3 is 0 Å². The first-order chi connectivity index (χ1) is 10.4. The maximum Gasteiger partial charge on any atom is 0.283 e. The number of carbonyl (C=O) groups is 1. The van der Waals surface area contributed by atoms with E-state index in [2.05, 4.69) is 5.32 Å². The molecule has 2 aromatic rings. The van der Waals surface area contributed by atoms with E-state index in [0.29, 0.717) is 10.6 Å². The largest absolute Gasteiger partial charge is 0.322 e. The van der Waals surface area contributed by atoms with E-state index in [-0.39, 0.29) is 16.3 Å². The summed E-state index contributed by atoms with van der Waals surface area (Å²) < 4.78 is 11.4. The Morgan fingerprint density at radius 1 is 1.27 bits per heavy atom. The van der Waals surface area contributed by atoms with Crippen molar-refractivity contribution in [2.75, 3.05) is 11.6 Å². The van der Waals surface area contributed by atoms with Crippen LogP contribution in [0.15, 0.2) is 47.4 Å². The standard InChI is InChI=1S/C14H11ClN2O4S/c1-22(21)11-4-2-3-10(8-11)16-14(18)12-6-5-9(15)7-13(12)17(19)20/h2-8H,1H3,(H,16,18)/t22-/m1/s1. The molecule has 0 unspecified atom stereocenters. The summed E-state index contributed by atoms with van der Waals surface area (Å²) in [6, 6.07) is 10.3. The molecule has 2 rings (SSSR count). The zero-order valence-electron chi connectivity index (χ0n) is 11.4. The van der Waals surface area contributed by atoms with E-state index in [4.69, 9.17) is 11.6 Å². The Labute approximate surface area is 133 Å². The van der Waals surface area contributed by atoms with Crippen molar-refractivity contribution in [3.8, 4) is 0 Å². The zero-order valence-corrected chi connectivity index (χ0v) is 13.0. The maximum atomic E-state index is 12.2. The molecular formula is C14H11ClN2O4S. The fourth-order valence-electron chi connectivity index (χ4n) is 1.80. The van der Waals surface area contributed by atoms with Gasteiger partial charge < -0.3 is 5.32 Å². The summed E-state index contributed by atoms with van der Waals surface area (Å²) in [7, 11) is -1.19. The van der Waals surface area contributed by atoms with Gasteiger partial charge in [0.25, 0.3) is 11.6 Å². The first kappa shape index (κ1) is 16.1. The molecule has 0 aliphatic heterocycles. The molecule has 6 nitrogen and oxygen atoms in total. The molecule has 0 aromatic heterocycles. The first-order valence-corrected chi connectivity index (χ1v) is 8.01. The van der Waals surface area contributed by atoms with Gasteiger partial charge in [-0.15, -0.1) is 0 Å². The third kappa shape index (κ3) is 3.69. The molecule has 114 valence electrons. The number of rotatable bonds is 4. The molecule has 0 bridgehead atoms. The molecule has 1 amide bonds. The second-order valence-electron chi connectivity index (χ2n) is 4.35. The lowest BCUT2D eigenvalue weighted by Gasteiger charge is -2.07. The average Bonchev–Trinajstić information content (AvgIpc) is 2.47. The lowest BCUT2D eigenvalue weighted by atomic mass is 10.1. The Bertz CT molecular complexity index is 779. The van der Waals surface area contributed by atoms with E-state index in [1.54, 1.807) is 24.3 Å². The summed E-state index contributed by atoms with van der Waals surface area (Å²) >= 11 is 5.71. The van der Waals surface area contributed by atoms with Crippen molar-refractivity contribution in [1.29, 1.82) is 0 Å². The lowest BCUT2D eigenvalue weighted by molar-refractivity contribution is -0.385. The smallest absolute Gasteiger partial charge is 0.283 e. The van der Waals surface area contributed by atoms with E-state index in [9.17, 15) is 19.1 Å². The topological polar surface area (TPSA) is 89.3 Å². The van der Waals surface area contributed by atoms with Crippen molar-refractivity contribution in [1.82, 2.24) is 0 Å². The summed E-state index contributed by atoms with van der Waals surface area (Å²) in [5.41, 5.74) is -0.0698. The molecule has 1 atom stereocenters. The minimum atomic E-state index is -1.19. The fraction of sp³-hybridized carbons (Fsp3) is 0.0714. The van der Waals surface area contributed by atoms with Gasteiger partial charge in [-0.3, -0.25) is 19.1 Å². The van der Waals surface area contributed by atoms with Crippen LogP contribution in [0, 0.1) is 10.1 Å². The molecule has 0 aliphatic carbocycles. The SMILES string of the molecule is C[S@@](=O)c1cccc(NC(=O)c2ccc(Cl)cc2[N+](=O)[O-])c1. The zero-order chi connectivity index (χ0) is 16.3. The summed E-state index contributed by atoms with van der Waals surface area (Å²) in [6.45, 7) is 0. The van der Waals surface area contributed by atoms with Crippen molar-refractivity contribution in [2.24, 2.45) is 0 Å². The molecule has 22 heavy (non-hydrogen) atoms. The Hall–Kier alpha value is -2.25. The Balaban J connectivity index is 2.32. The highest BCUT2D eigenvalue weighted by Gasteiger charge is 2.20. The molecule has 0 heterocycles. The van der Waals surface area contributed by atoms with Crippen LogP contribution >= 0.6 is 11.6 Å². The number of nitro groups is 1. The molecule has 1 N–H and O–H groups in total. The van der Waals surface area contributed by atoms with E-state index in [0.717, 1.165) is 6.07 Å². The highest BCUT2D eigenvalue weighted by Crippen LogP contribution is 2.24. The number of anilines is 1. The van der Waals surface area contributed by atoms with E-state index in [1.807, 2.05) is 0 Å². The highest BCUT2D eigenvalue weighted by molar-refractivity contribution is 7.84. The highest BCUT2D eigenvalue weighted by atomic mass is 35.5. The van der Waals surface area contributed by atoms with Gasteiger partial charge in [-0.1, -0.05) is 17.7 Å². The number of hydrogen-bond acceptors (Lipinski definition) is 4. The van der Waals surface area contributed by atoms with Gasteiger partial charge in [0.05, 0.1) is 4.92 Å². The van der Waals surface area contributed by atoms with Crippen LogP contribution in [-0.2, 0) is 10.8 Å². The second-order valence-corrected chi connectivity index (χ2v) is 6.17. The third-order valence-corrected chi connectivity index (χ3v) is 3.98. The van der Waals surface area contributed by atoms with Crippen molar-refractivity contribution in [3.05, 3.63) is 63.2 Å². The third-order valence-electron chi connectivity index (χ3n) is 2.82. The number of halogens is 1. The number of nitrogens with one attached hydrogen (secondary N) is 1. The van der Waals surface area contributed by atoms with Gasteiger partial charge in [-0.25, -0.2) is 0 Å². The quantitative estimate of drug-likeness (QED) is 0.684. The van der Waals surface area contributed by atoms with Crippen molar-refractivity contribution >= 4 is 39.7 Å². The number of nitrogens with zero attached hydrogens (tertiary/aromatic N) is 1. The lowest BCUT2D eigenvalue weighted by Crippen LogP contribution is -2.14. The number of carbonyl (C=O) groups excluding carboxylic acids is 1. The Kier molecular flexibility index (Phi) is 4.89. The fourth-order valence-corrected chi connectivity index (χ4v) is 2.53. The minimum absolute atomic E-state index is 0.0996. The summed E-state index contributed by atoms with van der Waals surface area (Å²) in [5, 5.41) is 13.7. The second kappa shape index (κ2) is 6.67. The number of benzene rings is 2. The Morgan fingerprint density at radius 2 is 2.00 bits per heavy atom. The van der Waals surface area contributed by atoms with Crippen LogP contribution in [0.25, 0.3) is 0 Å². The molecule has 0 aliphatic rings. The van der Waals surface area contributed by atoms with E-state index in [1.165, 1.54) is 18.4 Å². The van der Waals surface area contributed by atoms with Crippen LogP contribution in [0.2, 0.25) is 5.02 Å². The molecule has 0 saturated carbocycles. The number of nitro benzene ring substituents is 1. The molecule has 0 saturated heterocycles. The maximum absolute atomic E-state index is 12.2.